The second-order valence-corrected chi connectivity index (χ2v) is 5.63. The molecule has 0 saturated heterocycles. The summed E-state index contributed by atoms with van der Waals surface area (Å²) < 4.78 is 29.2. The summed E-state index contributed by atoms with van der Waals surface area (Å²) in [6.45, 7) is 0. The van der Waals surface area contributed by atoms with Crippen LogP contribution in [0.1, 0.15) is 0 Å². The van der Waals surface area contributed by atoms with E-state index in [2.05, 4.69) is 8.83 Å². The van der Waals surface area contributed by atoms with Gasteiger partial charge < -0.3 is 26.5 Å². The van der Waals surface area contributed by atoms with Gasteiger partial charge in [-0.3, -0.25) is 0 Å². The van der Waals surface area contributed by atoms with Crippen molar-refractivity contribution in [3.63, 3.8) is 0 Å². The van der Waals surface area contributed by atoms with Crippen molar-refractivity contribution in [2.75, 3.05) is 0 Å². The number of benzene rings is 3. The van der Waals surface area contributed by atoms with Gasteiger partial charge in [0.15, 0.2) is 11.2 Å². The molecule has 0 unspecified atom stereocenters. The van der Waals surface area contributed by atoms with Crippen LogP contribution in [0.2, 0.25) is 0 Å². The Kier molecular flexibility index (Phi) is 3.16. The van der Waals surface area contributed by atoms with Gasteiger partial charge in [0.1, 0.15) is 11.2 Å². The summed E-state index contributed by atoms with van der Waals surface area (Å²) in [5, 5.41) is 1.18. The second kappa shape index (κ2) is 5.58. The van der Waals surface area contributed by atoms with Crippen LogP contribution in [0.3, 0.4) is 0 Å². The number of rotatable bonds is 0. The van der Waals surface area contributed by atoms with Gasteiger partial charge in [0, 0.05) is 0 Å². The SMILES string of the molecule is O=c1oc(=O)oc2cccc3c4cccc(o1)c4c1oc(=O)oc(=O)oc1c23. The van der Waals surface area contributed by atoms with Crippen molar-refractivity contribution in [3.05, 3.63) is 78.9 Å². The summed E-state index contributed by atoms with van der Waals surface area (Å²) >= 11 is 0. The molecule has 10 nitrogen and oxygen atoms in total. The third kappa shape index (κ3) is 2.28. The Bertz CT molecular complexity index is 1580. The zero-order chi connectivity index (χ0) is 19.4. The summed E-state index contributed by atoms with van der Waals surface area (Å²) in [5.74, 6) is -5.41. The Morgan fingerprint density at radius 1 is 0.464 bits per heavy atom. The van der Waals surface area contributed by atoms with Gasteiger partial charge in [-0.2, -0.15) is 0 Å². The van der Waals surface area contributed by atoms with Crippen LogP contribution in [-0.2, 0) is 0 Å². The molecule has 3 aromatic carbocycles. The first-order valence-electron chi connectivity index (χ1n) is 7.75. The van der Waals surface area contributed by atoms with Gasteiger partial charge in [0.2, 0.25) is 0 Å². The maximum atomic E-state index is 11.9. The van der Waals surface area contributed by atoms with Crippen molar-refractivity contribution >= 4 is 43.9 Å². The number of hydrogen-bond donors (Lipinski definition) is 0. The molecular weight excluding hydrogens is 376 g/mol. The molecule has 6 aromatic rings. The lowest BCUT2D eigenvalue weighted by atomic mass is 10.00. The quantitative estimate of drug-likeness (QED) is 0.366. The van der Waals surface area contributed by atoms with Crippen LogP contribution in [0.4, 0.5) is 0 Å². The third-order valence-corrected chi connectivity index (χ3v) is 4.09. The van der Waals surface area contributed by atoms with E-state index in [1.54, 1.807) is 24.3 Å². The van der Waals surface area contributed by atoms with Crippen molar-refractivity contribution in [2.24, 2.45) is 0 Å². The molecule has 28 heavy (non-hydrogen) atoms. The minimum Gasteiger partial charge on any atom is -0.394 e. The van der Waals surface area contributed by atoms with E-state index in [0.29, 0.717) is 10.8 Å². The molecule has 0 saturated carbocycles. The molecule has 6 rings (SSSR count). The van der Waals surface area contributed by atoms with Gasteiger partial charge in [-0.25, -0.2) is 19.2 Å². The van der Waals surface area contributed by atoms with Gasteiger partial charge in [0.05, 0.1) is 10.8 Å². The van der Waals surface area contributed by atoms with E-state index in [0.717, 1.165) is 0 Å². The number of hydrogen-bond acceptors (Lipinski definition) is 10. The molecule has 0 aliphatic heterocycles. The van der Waals surface area contributed by atoms with Gasteiger partial charge in [0.25, 0.3) is 0 Å². The van der Waals surface area contributed by atoms with Gasteiger partial charge in [-0.1, -0.05) is 24.3 Å². The molecule has 0 spiro atoms. The summed E-state index contributed by atoms with van der Waals surface area (Å²) in [6, 6.07) is 9.21. The standard InChI is InChI=1S/C18H6O10/c19-15-23-9-5-1-3-7-8-4-2-6-10(24-16(20)27-15)12(8)14-13(11(7)9)25-17(21)28-18(22)26-14/h1-6H. The lowest BCUT2D eigenvalue weighted by Gasteiger charge is -2.06. The van der Waals surface area contributed by atoms with E-state index in [4.69, 9.17) is 17.7 Å². The van der Waals surface area contributed by atoms with Crippen molar-refractivity contribution in [2.45, 2.75) is 0 Å². The molecule has 0 atom stereocenters. The fourth-order valence-electron chi connectivity index (χ4n) is 3.14. The lowest BCUT2D eigenvalue weighted by Crippen LogP contribution is -2.03. The topological polar surface area (TPSA) is 147 Å². The van der Waals surface area contributed by atoms with Crippen LogP contribution in [-0.4, -0.2) is 0 Å². The second-order valence-electron chi connectivity index (χ2n) is 5.63. The molecule has 0 radical (unpaired) electrons. The van der Waals surface area contributed by atoms with Crippen LogP contribution in [0.5, 0.6) is 0 Å². The van der Waals surface area contributed by atoms with Crippen LogP contribution < -0.4 is 23.3 Å². The minimum atomic E-state index is -1.36. The average molecular weight is 382 g/mol. The molecule has 0 aliphatic carbocycles. The highest BCUT2D eigenvalue weighted by atomic mass is 16.6. The fraction of sp³-hybridized carbons (Fsp3) is 0. The van der Waals surface area contributed by atoms with E-state index < -0.39 is 23.3 Å². The molecule has 0 amide bonds. The first-order chi connectivity index (χ1) is 13.5. The Morgan fingerprint density at radius 3 is 1.29 bits per heavy atom. The van der Waals surface area contributed by atoms with Crippen molar-refractivity contribution in [3.8, 4) is 0 Å². The molecular formula is C18H6O10. The molecule has 3 heterocycles. The highest BCUT2D eigenvalue weighted by Gasteiger charge is 2.18. The normalized spacial score (nSPS) is 11.4. The van der Waals surface area contributed by atoms with E-state index in [1.807, 2.05) is 0 Å². The van der Waals surface area contributed by atoms with E-state index in [1.165, 1.54) is 12.1 Å². The largest absolute Gasteiger partial charge is 0.524 e. The van der Waals surface area contributed by atoms with E-state index in [9.17, 15) is 19.2 Å². The minimum absolute atomic E-state index is 0.105. The third-order valence-electron chi connectivity index (χ3n) is 4.09. The molecule has 3 aromatic heterocycles. The molecule has 138 valence electrons. The molecule has 0 fully saturated rings. The predicted molar refractivity (Wildman–Crippen MR) is 92.8 cm³/mol. The summed E-state index contributed by atoms with van der Waals surface area (Å²) in [6.07, 6.45) is 0. The van der Waals surface area contributed by atoms with Crippen molar-refractivity contribution < 1.29 is 26.5 Å². The van der Waals surface area contributed by atoms with Gasteiger partial charge in [-0.05, 0) is 22.9 Å². The molecule has 6 bridgehead atoms. The Balaban J connectivity index is 2.42. The van der Waals surface area contributed by atoms with Crippen LogP contribution >= 0.6 is 0 Å². The number of fused-ring (bicyclic) bond motifs is 4. The predicted octanol–water partition coefficient (Wildman–Crippen LogP) is 2.42. The molecule has 0 N–H and O–H groups in total. The Labute approximate surface area is 150 Å². The average Bonchev–Trinajstić information content (AvgIpc) is 2.78. The zero-order valence-corrected chi connectivity index (χ0v) is 13.5. The highest BCUT2D eigenvalue weighted by molar-refractivity contribution is 6.28. The summed E-state index contributed by atoms with van der Waals surface area (Å²) in [5.41, 5.74) is -0.697. The fourth-order valence-corrected chi connectivity index (χ4v) is 3.14. The van der Waals surface area contributed by atoms with Crippen LogP contribution in [0.25, 0.3) is 43.9 Å². The van der Waals surface area contributed by atoms with Crippen molar-refractivity contribution in [1.29, 1.82) is 0 Å². The summed E-state index contributed by atoms with van der Waals surface area (Å²) in [4.78, 5) is 47.5. The first kappa shape index (κ1) is 15.9. The zero-order valence-electron chi connectivity index (χ0n) is 13.5. The van der Waals surface area contributed by atoms with E-state index in [-0.39, 0.29) is 33.1 Å². The summed E-state index contributed by atoms with van der Waals surface area (Å²) in [7, 11) is 0. The van der Waals surface area contributed by atoms with Crippen LogP contribution in [0.15, 0.2) is 82.1 Å². The maximum Gasteiger partial charge on any atom is 0.524 e. The Hall–Kier alpha value is -4.34. The van der Waals surface area contributed by atoms with Crippen molar-refractivity contribution in [1.82, 2.24) is 0 Å². The smallest absolute Gasteiger partial charge is 0.394 e. The lowest BCUT2D eigenvalue weighted by molar-refractivity contribution is 0.268. The van der Waals surface area contributed by atoms with Crippen LogP contribution in [0, 0.1) is 0 Å². The highest BCUT2D eigenvalue weighted by Crippen LogP contribution is 2.37. The monoisotopic (exact) mass is 382 g/mol. The molecule has 0 aliphatic rings. The molecule has 10 heteroatoms. The first-order valence-corrected chi connectivity index (χ1v) is 7.75. The van der Waals surface area contributed by atoms with Gasteiger partial charge in [-0.15, -0.1) is 0 Å². The van der Waals surface area contributed by atoms with E-state index >= 15 is 0 Å². The Morgan fingerprint density at radius 2 is 0.857 bits per heavy atom. The van der Waals surface area contributed by atoms with Gasteiger partial charge >= 0.3 is 23.3 Å². The maximum absolute atomic E-state index is 11.9.